The highest BCUT2D eigenvalue weighted by atomic mass is 32.2. The maximum atomic E-state index is 13.4. The van der Waals surface area contributed by atoms with Crippen molar-refractivity contribution >= 4 is 16.1 Å². The largest absolute Gasteiger partial charge is 0.444 e. The predicted octanol–water partition coefficient (Wildman–Crippen LogP) is 3.81. The average molecular weight is 468 g/mol. The van der Waals surface area contributed by atoms with Crippen molar-refractivity contribution in [2.45, 2.75) is 65.0 Å². The molecule has 1 aliphatic rings. The lowest BCUT2D eigenvalue weighted by Gasteiger charge is -2.29. The Balaban J connectivity index is 2.26. The van der Waals surface area contributed by atoms with E-state index in [1.54, 1.807) is 33.5 Å². The molecule has 1 saturated heterocycles. The van der Waals surface area contributed by atoms with Gasteiger partial charge in [-0.1, -0.05) is 45.9 Å². The molecule has 1 amide bonds. The van der Waals surface area contributed by atoms with Crippen LogP contribution >= 0.6 is 0 Å². The van der Waals surface area contributed by atoms with E-state index >= 15 is 0 Å². The average Bonchev–Trinajstić information content (AvgIpc) is 3.08. The van der Waals surface area contributed by atoms with E-state index in [1.165, 1.54) is 0 Å². The van der Waals surface area contributed by atoms with Gasteiger partial charge in [0.25, 0.3) is 0 Å². The minimum absolute atomic E-state index is 0.0194. The molecule has 1 heterocycles. The second-order valence-electron chi connectivity index (χ2n) is 10.5. The van der Waals surface area contributed by atoms with E-state index in [2.05, 4.69) is 19.2 Å². The van der Waals surface area contributed by atoms with Gasteiger partial charge >= 0.3 is 6.09 Å². The van der Waals surface area contributed by atoms with Crippen LogP contribution in [-0.4, -0.2) is 68.1 Å². The first-order valence-corrected chi connectivity index (χ1v) is 13.0. The van der Waals surface area contributed by atoms with Gasteiger partial charge in [-0.05, 0) is 50.7 Å². The Bertz CT molecular complexity index is 835. The summed E-state index contributed by atoms with van der Waals surface area (Å²) < 4.78 is 34.1. The number of nitrogens with zero attached hydrogens (tertiary/aromatic N) is 2. The molecule has 0 unspecified atom stereocenters. The molecule has 0 radical (unpaired) electrons. The molecule has 1 fully saturated rings. The number of hydrogen-bond acceptors (Lipinski definition) is 5. The Morgan fingerprint density at radius 2 is 1.72 bits per heavy atom. The summed E-state index contributed by atoms with van der Waals surface area (Å²) in [6, 6.07) is 8.90. The molecule has 1 aromatic carbocycles. The summed E-state index contributed by atoms with van der Waals surface area (Å²) in [5.41, 5.74) is -0.568. The summed E-state index contributed by atoms with van der Waals surface area (Å²) in [6.45, 7) is 16.3. The zero-order valence-electron chi connectivity index (χ0n) is 20.7. The lowest BCUT2D eigenvalue weighted by atomic mass is 9.95. The van der Waals surface area contributed by atoms with E-state index in [9.17, 15) is 13.2 Å². The van der Waals surface area contributed by atoms with E-state index in [4.69, 9.17) is 4.74 Å². The first-order valence-electron chi connectivity index (χ1n) is 11.6. The van der Waals surface area contributed by atoms with Crippen molar-refractivity contribution in [1.29, 1.82) is 0 Å². The van der Waals surface area contributed by atoms with Gasteiger partial charge in [-0.25, -0.2) is 13.2 Å². The molecule has 1 aromatic rings. The highest BCUT2D eigenvalue weighted by Crippen LogP contribution is 2.28. The van der Waals surface area contributed by atoms with Crippen molar-refractivity contribution < 1.29 is 17.9 Å². The van der Waals surface area contributed by atoms with E-state index in [0.717, 1.165) is 6.54 Å². The second-order valence-corrected chi connectivity index (χ2v) is 12.4. The van der Waals surface area contributed by atoms with Crippen molar-refractivity contribution in [3.05, 3.63) is 30.3 Å². The zero-order valence-corrected chi connectivity index (χ0v) is 21.5. The molecule has 32 heavy (non-hydrogen) atoms. The van der Waals surface area contributed by atoms with Gasteiger partial charge in [-0.2, -0.15) is 4.31 Å². The van der Waals surface area contributed by atoms with Gasteiger partial charge in [0.15, 0.2) is 0 Å². The molecule has 0 bridgehead atoms. The van der Waals surface area contributed by atoms with Crippen LogP contribution in [0.25, 0.3) is 0 Å². The standard InChI is InChI=1S/C24H41N3O4S/c1-18(2)14-27(32(29,30)22-11-9-8-10-12-22)17-21-16-26(23(28)31-24(5,6)7)15-20(21)13-25-19(3)4/h8-12,18-21,25H,13-17H2,1-7H3/t20-,21+/m1/s1. The lowest BCUT2D eigenvalue weighted by molar-refractivity contribution is 0.0283. The molecule has 7 nitrogen and oxygen atoms in total. The number of ether oxygens (including phenoxy) is 1. The molecule has 2 rings (SSSR count). The van der Waals surface area contributed by atoms with Crippen LogP contribution in [0.5, 0.6) is 0 Å². The smallest absolute Gasteiger partial charge is 0.410 e. The molecule has 182 valence electrons. The maximum Gasteiger partial charge on any atom is 0.410 e. The predicted molar refractivity (Wildman–Crippen MR) is 128 cm³/mol. The summed E-state index contributed by atoms with van der Waals surface area (Å²) in [5.74, 6) is 0.348. The van der Waals surface area contributed by atoms with Gasteiger partial charge in [0.2, 0.25) is 10.0 Å². The van der Waals surface area contributed by atoms with Crippen LogP contribution in [0.2, 0.25) is 0 Å². The summed E-state index contributed by atoms with van der Waals surface area (Å²) in [6.07, 6.45) is -0.337. The van der Waals surface area contributed by atoms with Crippen molar-refractivity contribution in [1.82, 2.24) is 14.5 Å². The molecule has 0 saturated carbocycles. The van der Waals surface area contributed by atoms with Gasteiger partial charge in [0.05, 0.1) is 4.90 Å². The molecule has 0 spiro atoms. The second kappa shape index (κ2) is 11.0. The Kier molecular flexibility index (Phi) is 9.14. The van der Waals surface area contributed by atoms with Gasteiger partial charge < -0.3 is 15.0 Å². The van der Waals surface area contributed by atoms with Crippen LogP contribution in [-0.2, 0) is 14.8 Å². The molecular weight excluding hydrogens is 426 g/mol. The van der Waals surface area contributed by atoms with E-state index in [0.29, 0.717) is 37.1 Å². The fraction of sp³-hybridized carbons (Fsp3) is 0.708. The number of likely N-dealkylation sites (tertiary alicyclic amines) is 1. The van der Waals surface area contributed by atoms with Gasteiger partial charge in [-0.3, -0.25) is 0 Å². The Morgan fingerprint density at radius 3 is 2.25 bits per heavy atom. The Morgan fingerprint density at radius 1 is 1.12 bits per heavy atom. The van der Waals surface area contributed by atoms with E-state index in [1.807, 2.05) is 40.7 Å². The van der Waals surface area contributed by atoms with Crippen LogP contribution in [0.3, 0.4) is 0 Å². The van der Waals surface area contributed by atoms with Crippen molar-refractivity contribution in [3.63, 3.8) is 0 Å². The van der Waals surface area contributed by atoms with Crippen molar-refractivity contribution in [2.75, 3.05) is 32.7 Å². The number of benzene rings is 1. The minimum Gasteiger partial charge on any atom is -0.444 e. The number of hydrogen-bond donors (Lipinski definition) is 1. The highest BCUT2D eigenvalue weighted by Gasteiger charge is 2.39. The number of carbonyl (C=O) groups excluding carboxylic acids is 1. The molecule has 0 aromatic heterocycles. The quantitative estimate of drug-likeness (QED) is 0.597. The van der Waals surface area contributed by atoms with Crippen LogP contribution < -0.4 is 5.32 Å². The number of carbonyl (C=O) groups is 1. The zero-order chi connectivity index (χ0) is 24.1. The van der Waals surface area contributed by atoms with Crippen LogP contribution in [0.1, 0.15) is 48.5 Å². The lowest BCUT2D eigenvalue weighted by Crippen LogP contribution is -2.42. The maximum absolute atomic E-state index is 13.4. The van der Waals surface area contributed by atoms with E-state index < -0.39 is 15.6 Å². The number of nitrogens with one attached hydrogen (secondary N) is 1. The molecule has 1 N–H and O–H groups in total. The Labute approximate surface area is 194 Å². The van der Waals surface area contributed by atoms with Crippen molar-refractivity contribution in [2.24, 2.45) is 17.8 Å². The minimum atomic E-state index is -3.63. The molecule has 8 heteroatoms. The van der Waals surface area contributed by atoms with Crippen molar-refractivity contribution in [3.8, 4) is 0 Å². The fourth-order valence-electron chi connectivity index (χ4n) is 3.92. The highest BCUT2D eigenvalue weighted by molar-refractivity contribution is 7.89. The van der Waals surface area contributed by atoms with Gasteiger partial charge in [-0.15, -0.1) is 0 Å². The van der Waals surface area contributed by atoms with Gasteiger partial charge in [0.1, 0.15) is 5.60 Å². The third-order valence-electron chi connectivity index (χ3n) is 5.40. The van der Waals surface area contributed by atoms with Crippen LogP contribution in [0.15, 0.2) is 35.2 Å². The molecule has 1 aliphatic heterocycles. The summed E-state index contributed by atoms with van der Waals surface area (Å²) in [4.78, 5) is 14.8. The topological polar surface area (TPSA) is 79.0 Å². The first-order chi connectivity index (χ1) is 14.8. The molecular formula is C24H41N3O4S. The van der Waals surface area contributed by atoms with Gasteiger partial charge in [0, 0.05) is 38.8 Å². The normalized spacial score (nSPS) is 19.9. The monoisotopic (exact) mass is 467 g/mol. The number of amides is 1. The summed E-state index contributed by atoms with van der Waals surface area (Å²) >= 11 is 0. The summed E-state index contributed by atoms with van der Waals surface area (Å²) in [5, 5.41) is 3.46. The number of rotatable bonds is 9. The third-order valence-corrected chi connectivity index (χ3v) is 7.25. The summed E-state index contributed by atoms with van der Waals surface area (Å²) in [7, 11) is -3.63. The third kappa shape index (κ3) is 7.74. The SMILES string of the molecule is CC(C)CN(C[C@@H]1CN(C(=O)OC(C)(C)C)C[C@H]1CNC(C)C)S(=O)(=O)c1ccccc1. The van der Waals surface area contributed by atoms with E-state index in [-0.39, 0.29) is 23.8 Å². The number of sulfonamides is 1. The van der Waals surface area contributed by atoms with Crippen LogP contribution in [0, 0.1) is 17.8 Å². The first kappa shape index (κ1) is 26.6. The van der Waals surface area contributed by atoms with Crippen LogP contribution in [0.4, 0.5) is 4.79 Å². The molecule has 0 aliphatic carbocycles. The Hall–Kier alpha value is -1.64. The fourth-order valence-corrected chi connectivity index (χ4v) is 5.60. The molecule has 2 atom stereocenters.